The molecular weight excluding hydrogens is 182 g/mol. The predicted molar refractivity (Wildman–Crippen MR) is 57.0 cm³/mol. The lowest BCUT2D eigenvalue weighted by atomic mass is 10.2. The highest BCUT2D eigenvalue weighted by Crippen LogP contribution is 2.35. The lowest BCUT2D eigenvalue weighted by molar-refractivity contribution is 0.0999. The maximum Gasteiger partial charge on any atom is 0.0476 e. The number of hydrogen-bond donors (Lipinski definition) is 1. The van der Waals surface area contributed by atoms with E-state index in [9.17, 15) is 0 Å². The van der Waals surface area contributed by atoms with Gasteiger partial charge in [-0.05, 0) is 32.1 Å². The number of nitrogens with two attached hydrogens (primary N) is 1. The molecule has 2 atom stereocenters. The van der Waals surface area contributed by atoms with Gasteiger partial charge in [-0.25, -0.2) is 0 Å². The largest absolute Gasteiger partial charge is 0.381 e. The van der Waals surface area contributed by atoms with Gasteiger partial charge in [0.25, 0.3) is 0 Å². The van der Waals surface area contributed by atoms with Crippen molar-refractivity contribution in [3.63, 3.8) is 0 Å². The monoisotopic (exact) mass is 201 g/mol. The van der Waals surface area contributed by atoms with Gasteiger partial charge in [0.05, 0.1) is 0 Å². The Morgan fingerprint density at radius 3 is 2.38 bits per heavy atom. The topological polar surface area (TPSA) is 35.2 Å². The first-order valence-corrected chi connectivity index (χ1v) is 6.27. The Kier molecular flexibility index (Phi) is 3.52. The van der Waals surface area contributed by atoms with Gasteiger partial charge in [0.15, 0.2) is 0 Å². The standard InChI is InChI=1S/C10H19NOS/c11-8-1-2-10(7-8)13-9-3-5-12-6-4-9/h8-10H,1-7,11H2. The van der Waals surface area contributed by atoms with Crippen LogP contribution >= 0.6 is 11.8 Å². The summed E-state index contributed by atoms with van der Waals surface area (Å²) in [6.07, 6.45) is 6.30. The molecule has 1 saturated carbocycles. The van der Waals surface area contributed by atoms with Crippen LogP contribution in [-0.4, -0.2) is 29.8 Å². The Bertz CT molecular complexity index is 156. The summed E-state index contributed by atoms with van der Waals surface area (Å²) in [7, 11) is 0. The number of ether oxygens (including phenoxy) is 1. The molecule has 3 heteroatoms. The van der Waals surface area contributed by atoms with Crippen molar-refractivity contribution in [3.8, 4) is 0 Å². The van der Waals surface area contributed by atoms with Gasteiger partial charge >= 0.3 is 0 Å². The molecule has 2 unspecified atom stereocenters. The fourth-order valence-electron chi connectivity index (χ4n) is 2.18. The minimum absolute atomic E-state index is 0.484. The van der Waals surface area contributed by atoms with Crippen molar-refractivity contribution in [2.45, 2.75) is 48.6 Å². The zero-order valence-electron chi connectivity index (χ0n) is 8.08. The fourth-order valence-corrected chi connectivity index (χ4v) is 3.82. The molecule has 1 saturated heterocycles. The van der Waals surface area contributed by atoms with Gasteiger partial charge in [-0.2, -0.15) is 11.8 Å². The second kappa shape index (κ2) is 4.67. The van der Waals surface area contributed by atoms with Gasteiger partial charge in [-0.3, -0.25) is 0 Å². The van der Waals surface area contributed by atoms with Crippen molar-refractivity contribution in [1.29, 1.82) is 0 Å². The molecule has 2 fully saturated rings. The van der Waals surface area contributed by atoms with Crippen LogP contribution in [0.5, 0.6) is 0 Å². The molecule has 2 rings (SSSR count). The van der Waals surface area contributed by atoms with Gasteiger partial charge in [0, 0.05) is 29.8 Å². The Morgan fingerprint density at radius 2 is 1.77 bits per heavy atom. The van der Waals surface area contributed by atoms with E-state index < -0.39 is 0 Å². The van der Waals surface area contributed by atoms with Crippen LogP contribution in [0, 0.1) is 0 Å². The van der Waals surface area contributed by atoms with Crippen LogP contribution in [0.2, 0.25) is 0 Å². The predicted octanol–water partition coefficient (Wildman–Crippen LogP) is 1.78. The molecule has 76 valence electrons. The van der Waals surface area contributed by atoms with Crippen LogP contribution in [0.1, 0.15) is 32.1 Å². The van der Waals surface area contributed by atoms with Crippen LogP contribution in [0.3, 0.4) is 0 Å². The molecule has 13 heavy (non-hydrogen) atoms. The first-order chi connectivity index (χ1) is 6.34. The molecule has 1 heterocycles. The molecule has 0 amide bonds. The molecule has 1 aliphatic carbocycles. The first-order valence-electron chi connectivity index (χ1n) is 5.33. The van der Waals surface area contributed by atoms with Crippen molar-refractivity contribution >= 4 is 11.8 Å². The summed E-state index contributed by atoms with van der Waals surface area (Å²) in [6, 6.07) is 0.484. The summed E-state index contributed by atoms with van der Waals surface area (Å²) >= 11 is 2.17. The van der Waals surface area contributed by atoms with E-state index in [1.807, 2.05) is 0 Å². The highest BCUT2D eigenvalue weighted by atomic mass is 32.2. The highest BCUT2D eigenvalue weighted by Gasteiger charge is 2.25. The van der Waals surface area contributed by atoms with Gasteiger partial charge < -0.3 is 10.5 Å². The van der Waals surface area contributed by atoms with Gasteiger partial charge in [0.2, 0.25) is 0 Å². The van der Waals surface area contributed by atoms with E-state index >= 15 is 0 Å². The van der Waals surface area contributed by atoms with Gasteiger partial charge in [0.1, 0.15) is 0 Å². The third-order valence-corrected chi connectivity index (χ3v) is 4.65. The van der Waals surface area contributed by atoms with E-state index in [0.29, 0.717) is 6.04 Å². The zero-order valence-corrected chi connectivity index (χ0v) is 8.89. The summed E-state index contributed by atoms with van der Waals surface area (Å²) in [6.45, 7) is 1.94. The van der Waals surface area contributed by atoms with Crippen LogP contribution in [0.25, 0.3) is 0 Å². The van der Waals surface area contributed by atoms with Crippen molar-refractivity contribution < 1.29 is 4.74 Å². The zero-order chi connectivity index (χ0) is 9.10. The maximum atomic E-state index is 5.89. The smallest absolute Gasteiger partial charge is 0.0476 e. The lowest BCUT2D eigenvalue weighted by Gasteiger charge is -2.24. The molecule has 0 aromatic heterocycles. The second-order valence-electron chi connectivity index (χ2n) is 4.14. The highest BCUT2D eigenvalue weighted by molar-refractivity contribution is 8.00. The minimum Gasteiger partial charge on any atom is -0.381 e. The Labute approximate surface area is 84.6 Å². The minimum atomic E-state index is 0.484. The molecule has 1 aliphatic heterocycles. The Morgan fingerprint density at radius 1 is 1.00 bits per heavy atom. The van der Waals surface area contributed by atoms with Crippen LogP contribution in [0.4, 0.5) is 0 Å². The lowest BCUT2D eigenvalue weighted by Crippen LogP contribution is -2.21. The third-order valence-electron chi connectivity index (χ3n) is 2.98. The molecule has 0 radical (unpaired) electrons. The molecular formula is C10H19NOS. The van der Waals surface area contributed by atoms with E-state index in [2.05, 4.69) is 11.8 Å². The Hall–Kier alpha value is 0.270. The van der Waals surface area contributed by atoms with Crippen molar-refractivity contribution in [2.24, 2.45) is 5.73 Å². The summed E-state index contributed by atoms with van der Waals surface area (Å²) in [5.74, 6) is 0. The second-order valence-corrected chi connectivity index (χ2v) is 5.75. The average molecular weight is 201 g/mol. The SMILES string of the molecule is NC1CCC(SC2CCOCC2)C1. The van der Waals surface area contributed by atoms with E-state index in [-0.39, 0.29) is 0 Å². The molecule has 0 aromatic rings. The quantitative estimate of drug-likeness (QED) is 0.739. The van der Waals surface area contributed by atoms with Gasteiger partial charge in [-0.1, -0.05) is 0 Å². The van der Waals surface area contributed by atoms with E-state index in [0.717, 1.165) is 23.7 Å². The summed E-state index contributed by atoms with van der Waals surface area (Å²) < 4.78 is 5.35. The molecule has 0 aromatic carbocycles. The summed E-state index contributed by atoms with van der Waals surface area (Å²) in [4.78, 5) is 0. The molecule has 2 nitrogen and oxygen atoms in total. The first kappa shape index (κ1) is 9.81. The van der Waals surface area contributed by atoms with E-state index in [1.54, 1.807) is 0 Å². The normalized spacial score (nSPS) is 36.7. The number of rotatable bonds is 2. The molecule has 0 bridgehead atoms. The summed E-state index contributed by atoms with van der Waals surface area (Å²) in [5, 5.41) is 1.70. The maximum absolute atomic E-state index is 5.89. The van der Waals surface area contributed by atoms with Crippen LogP contribution in [-0.2, 0) is 4.74 Å². The number of thioether (sulfide) groups is 1. The average Bonchev–Trinajstić information content (AvgIpc) is 2.53. The van der Waals surface area contributed by atoms with Crippen molar-refractivity contribution in [1.82, 2.24) is 0 Å². The Balaban J connectivity index is 1.71. The van der Waals surface area contributed by atoms with Crippen LogP contribution < -0.4 is 5.73 Å². The third kappa shape index (κ3) is 2.86. The van der Waals surface area contributed by atoms with Crippen molar-refractivity contribution in [2.75, 3.05) is 13.2 Å². The summed E-state index contributed by atoms with van der Waals surface area (Å²) in [5.41, 5.74) is 5.89. The fraction of sp³-hybridized carbons (Fsp3) is 1.00. The molecule has 2 N–H and O–H groups in total. The van der Waals surface area contributed by atoms with Crippen LogP contribution in [0.15, 0.2) is 0 Å². The van der Waals surface area contributed by atoms with E-state index in [4.69, 9.17) is 10.5 Å². The van der Waals surface area contributed by atoms with E-state index in [1.165, 1.54) is 32.1 Å². The number of hydrogen-bond acceptors (Lipinski definition) is 3. The molecule has 0 spiro atoms. The van der Waals surface area contributed by atoms with Gasteiger partial charge in [-0.15, -0.1) is 0 Å². The van der Waals surface area contributed by atoms with Crippen molar-refractivity contribution in [3.05, 3.63) is 0 Å². The molecule has 2 aliphatic rings.